The van der Waals surface area contributed by atoms with Crippen molar-refractivity contribution < 1.29 is 9.53 Å². The van der Waals surface area contributed by atoms with Crippen molar-refractivity contribution in [3.05, 3.63) is 137 Å². The van der Waals surface area contributed by atoms with Gasteiger partial charge in [-0.15, -0.1) is 0 Å². The summed E-state index contributed by atoms with van der Waals surface area (Å²) in [6.07, 6.45) is 0. The third kappa shape index (κ3) is 5.04. The predicted octanol–water partition coefficient (Wildman–Crippen LogP) is 5.51. The summed E-state index contributed by atoms with van der Waals surface area (Å²) in [5.74, 6) is 0.246. The van der Waals surface area contributed by atoms with Gasteiger partial charge < -0.3 is 10.1 Å². The van der Waals surface area contributed by atoms with Crippen molar-refractivity contribution in [1.29, 1.82) is 0 Å². The number of nitrogens with zero attached hydrogens (tertiary/aromatic N) is 2. The van der Waals surface area contributed by atoms with Crippen LogP contribution < -0.4 is 15.6 Å². The Morgan fingerprint density at radius 2 is 1.30 bits per heavy atom. The van der Waals surface area contributed by atoms with Gasteiger partial charge in [0.25, 0.3) is 11.5 Å². The van der Waals surface area contributed by atoms with Crippen molar-refractivity contribution in [2.24, 2.45) is 0 Å². The van der Waals surface area contributed by atoms with Crippen LogP contribution in [0.1, 0.15) is 16.1 Å². The van der Waals surface area contributed by atoms with Gasteiger partial charge in [0.2, 0.25) is 0 Å². The number of rotatable bonds is 7. The summed E-state index contributed by atoms with van der Waals surface area (Å²) in [7, 11) is 1.58. The zero-order valence-electron chi connectivity index (χ0n) is 20.3. The van der Waals surface area contributed by atoms with Crippen LogP contribution in [0.25, 0.3) is 28.2 Å². The SMILES string of the molecule is COc1ccc(-n2c(C(=O)NCc3ccccc3)c(-c3ccccc3)nc(-c3ccccc3)c2=O)cc1. The van der Waals surface area contributed by atoms with Crippen molar-refractivity contribution in [2.75, 3.05) is 7.11 Å². The number of carbonyl (C=O) groups excluding carboxylic acids is 1. The number of methoxy groups -OCH3 is 1. The summed E-state index contributed by atoms with van der Waals surface area (Å²) in [4.78, 5) is 32.6. The Balaban J connectivity index is 1.75. The first-order valence-corrected chi connectivity index (χ1v) is 11.9. The average Bonchev–Trinajstić information content (AvgIpc) is 2.97. The fraction of sp³-hybridized carbons (Fsp3) is 0.0645. The van der Waals surface area contributed by atoms with Crippen LogP contribution in [-0.2, 0) is 6.54 Å². The molecule has 5 rings (SSSR count). The van der Waals surface area contributed by atoms with E-state index in [4.69, 9.17) is 9.72 Å². The minimum atomic E-state index is -0.400. The second-order valence-corrected chi connectivity index (χ2v) is 8.40. The fourth-order valence-electron chi connectivity index (χ4n) is 4.16. The molecular formula is C31H25N3O3. The molecule has 4 aromatic carbocycles. The van der Waals surface area contributed by atoms with Gasteiger partial charge >= 0.3 is 0 Å². The van der Waals surface area contributed by atoms with Crippen LogP contribution in [0, 0.1) is 0 Å². The molecule has 0 fully saturated rings. The van der Waals surface area contributed by atoms with E-state index in [9.17, 15) is 9.59 Å². The van der Waals surface area contributed by atoms with E-state index < -0.39 is 5.91 Å². The van der Waals surface area contributed by atoms with Crippen LogP contribution in [0.4, 0.5) is 0 Å². The molecule has 0 aliphatic heterocycles. The smallest absolute Gasteiger partial charge is 0.282 e. The van der Waals surface area contributed by atoms with Crippen LogP contribution in [0.5, 0.6) is 5.75 Å². The van der Waals surface area contributed by atoms with E-state index in [0.717, 1.165) is 11.1 Å². The lowest BCUT2D eigenvalue weighted by atomic mass is 10.1. The van der Waals surface area contributed by atoms with E-state index in [2.05, 4.69) is 5.32 Å². The molecule has 1 aromatic heterocycles. The lowest BCUT2D eigenvalue weighted by molar-refractivity contribution is 0.0943. The lowest BCUT2D eigenvalue weighted by Crippen LogP contribution is -2.34. The molecule has 1 heterocycles. The van der Waals surface area contributed by atoms with Crippen molar-refractivity contribution in [3.8, 4) is 34.0 Å². The first-order valence-electron chi connectivity index (χ1n) is 11.9. The molecule has 6 heteroatoms. The van der Waals surface area contributed by atoms with Gasteiger partial charge in [-0.05, 0) is 29.8 Å². The maximum Gasteiger partial charge on any atom is 0.282 e. The third-order valence-electron chi connectivity index (χ3n) is 6.01. The first kappa shape index (κ1) is 23.8. The van der Waals surface area contributed by atoms with Crippen LogP contribution in [0.3, 0.4) is 0 Å². The van der Waals surface area contributed by atoms with Crippen LogP contribution in [0.2, 0.25) is 0 Å². The molecular weight excluding hydrogens is 462 g/mol. The largest absolute Gasteiger partial charge is 0.497 e. The summed E-state index contributed by atoms with van der Waals surface area (Å²) < 4.78 is 6.75. The molecule has 0 bridgehead atoms. The number of benzene rings is 4. The molecule has 6 nitrogen and oxygen atoms in total. The van der Waals surface area contributed by atoms with Gasteiger partial charge in [-0.25, -0.2) is 4.98 Å². The molecule has 37 heavy (non-hydrogen) atoms. The number of nitrogens with one attached hydrogen (secondary N) is 1. The molecule has 0 saturated heterocycles. The minimum Gasteiger partial charge on any atom is -0.497 e. The molecule has 0 atom stereocenters. The van der Waals surface area contributed by atoms with E-state index in [1.165, 1.54) is 4.57 Å². The lowest BCUT2D eigenvalue weighted by Gasteiger charge is -2.19. The topological polar surface area (TPSA) is 73.2 Å². The molecule has 0 saturated carbocycles. The molecule has 5 aromatic rings. The Morgan fingerprint density at radius 3 is 1.86 bits per heavy atom. The highest BCUT2D eigenvalue weighted by Crippen LogP contribution is 2.27. The molecule has 182 valence electrons. The van der Waals surface area contributed by atoms with Crippen molar-refractivity contribution in [1.82, 2.24) is 14.9 Å². The highest BCUT2D eigenvalue weighted by molar-refractivity contribution is 5.99. The Hall–Kier alpha value is -4.97. The Labute approximate surface area is 214 Å². The molecule has 0 aliphatic rings. The van der Waals surface area contributed by atoms with Gasteiger partial charge in [0.05, 0.1) is 7.11 Å². The third-order valence-corrected chi connectivity index (χ3v) is 6.01. The number of ether oxygens (including phenoxy) is 1. The fourth-order valence-corrected chi connectivity index (χ4v) is 4.16. The Kier molecular flexibility index (Phi) is 6.90. The van der Waals surface area contributed by atoms with Gasteiger partial charge in [-0.3, -0.25) is 14.2 Å². The standard InChI is InChI=1S/C31H25N3O3/c1-37-26-19-17-25(18-20-26)34-29(30(35)32-21-22-11-5-2-6-12-22)27(23-13-7-3-8-14-23)33-28(31(34)36)24-15-9-4-10-16-24/h2-20H,21H2,1H3,(H,32,35). The maximum atomic E-state index is 14.0. The maximum absolute atomic E-state index is 14.0. The summed E-state index contributed by atoms with van der Waals surface area (Å²) in [6.45, 7) is 0.311. The second kappa shape index (κ2) is 10.7. The molecule has 1 amide bonds. The summed E-state index contributed by atoms with van der Waals surface area (Å²) in [5.41, 5.74) is 3.33. The van der Waals surface area contributed by atoms with Gasteiger partial charge in [0.15, 0.2) is 0 Å². The van der Waals surface area contributed by atoms with Crippen LogP contribution >= 0.6 is 0 Å². The molecule has 0 radical (unpaired) electrons. The molecule has 0 aliphatic carbocycles. The highest BCUT2D eigenvalue weighted by Gasteiger charge is 2.25. The van der Waals surface area contributed by atoms with Crippen LogP contribution in [0.15, 0.2) is 120 Å². The van der Waals surface area contributed by atoms with Gasteiger partial charge in [-0.2, -0.15) is 0 Å². The average molecular weight is 488 g/mol. The van der Waals surface area contributed by atoms with Crippen molar-refractivity contribution >= 4 is 5.91 Å². The van der Waals surface area contributed by atoms with E-state index in [1.807, 2.05) is 91.0 Å². The van der Waals surface area contributed by atoms with Gasteiger partial charge in [0, 0.05) is 23.4 Å². The Morgan fingerprint density at radius 1 is 0.757 bits per heavy atom. The normalized spacial score (nSPS) is 10.6. The minimum absolute atomic E-state index is 0.164. The quantitative estimate of drug-likeness (QED) is 0.329. The molecule has 0 unspecified atom stereocenters. The zero-order valence-corrected chi connectivity index (χ0v) is 20.3. The number of hydrogen-bond acceptors (Lipinski definition) is 4. The molecule has 0 spiro atoms. The summed E-state index contributed by atoms with van der Waals surface area (Å²) >= 11 is 0. The van der Waals surface area contributed by atoms with Gasteiger partial charge in [0.1, 0.15) is 22.8 Å². The van der Waals surface area contributed by atoms with Crippen LogP contribution in [-0.4, -0.2) is 22.6 Å². The van der Waals surface area contributed by atoms with E-state index in [-0.39, 0.29) is 16.9 Å². The zero-order chi connectivity index (χ0) is 25.6. The predicted molar refractivity (Wildman–Crippen MR) is 145 cm³/mol. The second-order valence-electron chi connectivity index (χ2n) is 8.40. The Bertz CT molecular complexity index is 1560. The highest BCUT2D eigenvalue weighted by atomic mass is 16.5. The van der Waals surface area contributed by atoms with Crippen molar-refractivity contribution in [2.45, 2.75) is 6.54 Å². The monoisotopic (exact) mass is 487 g/mol. The number of hydrogen-bond donors (Lipinski definition) is 1. The first-order chi connectivity index (χ1) is 18.2. The van der Waals surface area contributed by atoms with Gasteiger partial charge in [-0.1, -0.05) is 91.0 Å². The summed E-state index contributed by atoms with van der Waals surface area (Å²) in [6, 6.07) is 35.4. The van der Waals surface area contributed by atoms with Crippen molar-refractivity contribution in [3.63, 3.8) is 0 Å². The molecule has 1 N–H and O–H groups in total. The van der Waals surface area contributed by atoms with E-state index >= 15 is 0 Å². The summed E-state index contributed by atoms with van der Waals surface area (Å²) in [5, 5.41) is 2.98. The van der Waals surface area contributed by atoms with E-state index in [0.29, 0.717) is 29.2 Å². The number of amides is 1. The number of aromatic nitrogens is 2. The van der Waals surface area contributed by atoms with E-state index in [1.54, 1.807) is 31.4 Å². The number of carbonyl (C=O) groups is 1.